The minimum Gasteiger partial charge on any atom is -0.468 e. The van der Waals surface area contributed by atoms with Crippen molar-refractivity contribution in [3.8, 4) is 0 Å². The first-order chi connectivity index (χ1) is 9.60. The third-order valence-electron chi connectivity index (χ3n) is 3.78. The fourth-order valence-electron chi connectivity index (χ4n) is 2.70. The summed E-state index contributed by atoms with van der Waals surface area (Å²) in [5, 5.41) is 3.63. The van der Waals surface area contributed by atoms with Crippen LogP contribution in [0.3, 0.4) is 0 Å². The van der Waals surface area contributed by atoms with Crippen LogP contribution in [0.4, 0.5) is 0 Å². The molecule has 0 radical (unpaired) electrons. The van der Waals surface area contributed by atoms with Crippen molar-refractivity contribution in [3.05, 3.63) is 34.9 Å². The number of nitrogens with one attached hydrogen (secondary N) is 1. The number of esters is 1. The maximum absolute atomic E-state index is 12.5. The van der Waals surface area contributed by atoms with Gasteiger partial charge in [0.2, 0.25) is 0 Å². The standard InChI is InChI=1S/C15H18ClNO3/c1-20-14(19)10-17-15(9-5-4-8-13(15)18)11-6-2-3-7-12(11)16/h2-3,6-7,17H,4-5,8-10H2,1H3. The van der Waals surface area contributed by atoms with E-state index in [1.54, 1.807) is 6.07 Å². The summed E-state index contributed by atoms with van der Waals surface area (Å²) >= 11 is 6.25. The molecule has 1 aromatic rings. The Morgan fingerprint density at radius 1 is 1.40 bits per heavy atom. The molecule has 4 nitrogen and oxygen atoms in total. The molecule has 1 saturated carbocycles. The van der Waals surface area contributed by atoms with Gasteiger partial charge in [-0.25, -0.2) is 0 Å². The summed E-state index contributed by atoms with van der Waals surface area (Å²) < 4.78 is 4.64. The summed E-state index contributed by atoms with van der Waals surface area (Å²) in [5.41, 5.74) is -0.125. The second-order valence-electron chi connectivity index (χ2n) is 4.95. The zero-order chi connectivity index (χ0) is 14.6. The van der Waals surface area contributed by atoms with Crippen LogP contribution in [-0.2, 0) is 19.9 Å². The number of ketones is 1. The van der Waals surface area contributed by atoms with Crippen molar-refractivity contribution in [1.82, 2.24) is 5.32 Å². The summed E-state index contributed by atoms with van der Waals surface area (Å²) in [7, 11) is 1.33. The van der Waals surface area contributed by atoms with E-state index < -0.39 is 11.5 Å². The second-order valence-corrected chi connectivity index (χ2v) is 5.35. The van der Waals surface area contributed by atoms with Gasteiger partial charge in [0, 0.05) is 11.4 Å². The first-order valence-corrected chi connectivity index (χ1v) is 7.08. The number of hydrogen-bond donors (Lipinski definition) is 1. The maximum Gasteiger partial charge on any atom is 0.319 e. The molecule has 0 saturated heterocycles. The van der Waals surface area contributed by atoms with Crippen molar-refractivity contribution in [2.45, 2.75) is 31.2 Å². The fourth-order valence-corrected chi connectivity index (χ4v) is 3.00. The molecular weight excluding hydrogens is 278 g/mol. The van der Waals surface area contributed by atoms with Crippen molar-refractivity contribution in [3.63, 3.8) is 0 Å². The molecule has 5 heteroatoms. The number of carbonyl (C=O) groups excluding carboxylic acids is 2. The van der Waals surface area contributed by atoms with Crippen LogP contribution in [0.2, 0.25) is 5.02 Å². The molecule has 0 bridgehead atoms. The maximum atomic E-state index is 12.5. The van der Waals surface area contributed by atoms with Crippen LogP contribution in [0.1, 0.15) is 31.2 Å². The lowest BCUT2D eigenvalue weighted by Crippen LogP contribution is -2.52. The average Bonchev–Trinajstić information content (AvgIpc) is 2.47. The summed E-state index contributed by atoms with van der Waals surface area (Å²) in [6, 6.07) is 7.29. The van der Waals surface area contributed by atoms with E-state index in [4.69, 9.17) is 11.6 Å². The predicted molar refractivity (Wildman–Crippen MR) is 76.6 cm³/mol. The van der Waals surface area contributed by atoms with Crippen LogP contribution in [0.5, 0.6) is 0 Å². The van der Waals surface area contributed by atoms with E-state index in [1.165, 1.54) is 7.11 Å². The average molecular weight is 296 g/mol. The van der Waals surface area contributed by atoms with Crippen LogP contribution in [0, 0.1) is 0 Å². The molecular formula is C15H18ClNO3. The van der Waals surface area contributed by atoms with Crippen LogP contribution in [0.25, 0.3) is 0 Å². The third-order valence-corrected chi connectivity index (χ3v) is 4.11. The molecule has 20 heavy (non-hydrogen) atoms. The number of benzene rings is 1. The summed E-state index contributed by atoms with van der Waals surface area (Å²) in [4.78, 5) is 23.9. The van der Waals surface area contributed by atoms with Crippen molar-refractivity contribution >= 4 is 23.4 Å². The van der Waals surface area contributed by atoms with Crippen LogP contribution < -0.4 is 5.32 Å². The minimum atomic E-state index is -0.870. The molecule has 108 valence electrons. The minimum absolute atomic E-state index is 0.00648. The first-order valence-electron chi connectivity index (χ1n) is 6.70. The van der Waals surface area contributed by atoms with Gasteiger partial charge in [-0.15, -0.1) is 0 Å². The largest absolute Gasteiger partial charge is 0.468 e. The van der Waals surface area contributed by atoms with E-state index in [1.807, 2.05) is 18.2 Å². The van der Waals surface area contributed by atoms with Gasteiger partial charge >= 0.3 is 5.97 Å². The summed E-state index contributed by atoms with van der Waals surface area (Å²) in [6.07, 6.45) is 2.95. The van der Waals surface area contributed by atoms with Crippen molar-refractivity contribution in [2.24, 2.45) is 0 Å². The smallest absolute Gasteiger partial charge is 0.319 e. The van der Waals surface area contributed by atoms with E-state index in [0.29, 0.717) is 17.9 Å². The Kier molecular flexibility index (Phi) is 4.78. The number of rotatable bonds is 4. The molecule has 1 fully saturated rings. The Bertz CT molecular complexity index is 518. The highest BCUT2D eigenvalue weighted by molar-refractivity contribution is 6.31. The summed E-state index contributed by atoms with van der Waals surface area (Å²) in [6.45, 7) is -0.00648. The lowest BCUT2D eigenvalue weighted by molar-refractivity contribution is -0.140. The van der Waals surface area contributed by atoms with E-state index in [9.17, 15) is 9.59 Å². The molecule has 1 aromatic carbocycles. The SMILES string of the molecule is COC(=O)CNC1(c2ccccc2Cl)CCCCC1=O. The molecule has 0 aliphatic heterocycles. The number of halogens is 1. The molecule has 0 amide bonds. The van der Waals surface area contributed by atoms with Gasteiger partial charge in [-0.3, -0.25) is 14.9 Å². The van der Waals surface area contributed by atoms with Gasteiger partial charge in [0.1, 0.15) is 5.54 Å². The molecule has 1 N–H and O–H groups in total. The Balaban J connectivity index is 2.36. The highest BCUT2D eigenvalue weighted by Crippen LogP contribution is 2.37. The normalized spacial score (nSPS) is 22.6. The second kappa shape index (κ2) is 6.37. The number of ether oxygens (including phenoxy) is 1. The van der Waals surface area contributed by atoms with E-state index in [-0.39, 0.29) is 12.3 Å². The lowest BCUT2D eigenvalue weighted by atomic mass is 9.75. The lowest BCUT2D eigenvalue weighted by Gasteiger charge is -2.37. The van der Waals surface area contributed by atoms with Gasteiger partial charge < -0.3 is 4.74 Å². The Morgan fingerprint density at radius 2 is 2.15 bits per heavy atom. The van der Waals surface area contributed by atoms with Crippen molar-refractivity contribution in [1.29, 1.82) is 0 Å². The van der Waals surface area contributed by atoms with E-state index in [2.05, 4.69) is 10.1 Å². The Labute approximate surface area is 123 Å². The van der Waals surface area contributed by atoms with E-state index in [0.717, 1.165) is 18.4 Å². The first kappa shape index (κ1) is 15.0. The highest BCUT2D eigenvalue weighted by Gasteiger charge is 2.42. The van der Waals surface area contributed by atoms with Gasteiger partial charge in [0.25, 0.3) is 0 Å². The van der Waals surface area contributed by atoms with Crippen molar-refractivity contribution in [2.75, 3.05) is 13.7 Å². The number of hydrogen-bond acceptors (Lipinski definition) is 4. The molecule has 1 atom stereocenters. The quantitative estimate of drug-likeness (QED) is 0.867. The van der Waals surface area contributed by atoms with Gasteiger partial charge in [-0.05, 0) is 24.5 Å². The van der Waals surface area contributed by atoms with Gasteiger partial charge in [0.15, 0.2) is 5.78 Å². The molecule has 0 heterocycles. The fraction of sp³-hybridized carbons (Fsp3) is 0.467. The number of methoxy groups -OCH3 is 1. The van der Waals surface area contributed by atoms with Crippen LogP contribution in [-0.4, -0.2) is 25.4 Å². The zero-order valence-corrected chi connectivity index (χ0v) is 12.2. The third kappa shape index (κ3) is 2.86. The van der Waals surface area contributed by atoms with Gasteiger partial charge in [0.05, 0.1) is 13.7 Å². The topological polar surface area (TPSA) is 55.4 Å². The molecule has 1 aliphatic rings. The van der Waals surface area contributed by atoms with Crippen LogP contribution >= 0.6 is 11.6 Å². The monoisotopic (exact) mass is 295 g/mol. The highest BCUT2D eigenvalue weighted by atomic mass is 35.5. The number of Topliss-reactive ketones (excluding diaryl/α,β-unsaturated/α-hetero) is 1. The number of carbonyl (C=O) groups is 2. The Morgan fingerprint density at radius 3 is 2.80 bits per heavy atom. The van der Waals surface area contributed by atoms with Crippen molar-refractivity contribution < 1.29 is 14.3 Å². The Hall–Kier alpha value is -1.39. The molecule has 0 spiro atoms. The van der Waals surface area contributed by atoms with Gasteiger partial charge in [-0.1, -0.05) is 36.2 Å². The molecule has 1 unspecified atom stereocenters. The summed E-state index contributed by atoms with van der Waals surface area (Å²) in [5.74, 6) is -0.310. The van der Waals surface area contributed by atoms with E-state index >= 15 is 0 Å². The van der Waals surface area contributed by atoms with Crippen LogP contribution in [0.15, 0.2) is 24.3 Å². The molecule has 0 aromatic heterocycles. The zero-order valence-electron chi connectivity index (χ0n) is 11.4. The van der Waals surface area contributed by atoms with Gasteiger partial charge in [-0.2, -0.15) is 0 Å². The molecule has 2 rings (SSSR count). The molecule has 1 aliphatic carbocycles. The predicted octanol–water partition coefficient (Wildman–Crippen LogP) is 2.44.